The molecule has 0 saturated carbocycles. The molecule has 3 nitrogen and oxygen atoms in total. The van der Waals surface area contributed by atoms with Crippen LogP contribution in [0.5, 0.6) is 0 Å². The van der Waals surface area contributed by atoms with Crippen molar-refractivity contribution in [1.29, 1.82) is 0 Å². The Hall–Kier alpha value is -0.120. The molecule has 2 aliphatic rings. The lowest BCUT2D eigenvalue weighted by Gasteiger charge is -2.33. The van der Waals surface area contributed by atoms with E-state index in [4.69, 9.17) is 0 Å². The van der Waals surface area contributed by atoms with Gasteiger partial charge in [-0.15, -0.1) is 0 Å². The van der Waals surface area contributed by atoms with Gasteiger partial charge in [0.2, 0.25) is 0 Å². The highest BCUT2D eigenvalue weighted by Gasteiger charge is 2.23. The van der Waals surface area contributed by atoms with E-state index in [1.165, 1.54) is 38.8 Å². The van der Waals surface area contributed by atoms with Gasteiger partial charge in [-0.05, 0) is 45.8 Å². The summed E-state index contributed by atoms with van der Waals surface area (Å²) in [5.74, 6) is 0. The van der Waals surface area contributed by atoms with Crippen LogP contribution in [0.4, 0.5) is 0 Å². The van der Waals surface area contributed by atoms with Gasteiger partial charge in [0.1, 0.15) is 0 Å². The van der Waals surface area contributed by atoms with E-state index in [1.807, 2.05) is 0 Å². The van der Waals surface area contributed by atoms with E-state index < -0.39 is 0 Å². The first-order valence-electron chi connectivity index (χ1n) is 6.36. The Morgan fingerprint density at radius 2 is 2.07 bits per heavy atom. The lowest BCUT2D eigenvalue weighted by Crippen LogP contribution is -2.38. The molecule has 0 amide bonds. The lowest BCUT2D eigenvalue weighted by molar-refractivity contribution is 0.148. The molecule has 0 radical (unpaired) electrons. The highest BCUT2D eigenvalue weighted by molar-refractivity contribution is 4.79. The Labute approximate surface area is 93.1 Å². The average Bonchev–Trinajstić information content (AvgIpc) is 2.63. The molecule has 0 spiro atoms. The molecule has 1 N–H and O–H groups in total. The van der Waals surface area contributed by atoms with Gasteiger partial charge in [0.05, 0.1) is 6.10 Å². The fraction of sp³-hybridized carbons (Fsp3) is 1.00. The maximum absolute atomic E-state index is 9.44. The van der Waals surface area contributed by atoms with E-state index in [0.717, 1.165) is 25.6 Å². The Balaban J connectivity index is 1.68. The summed E-state index contributed by atoms with van der Waals surface area (Å²) in [5.41, 5.74) is 0. The summed E-state index contributed by atoms with van der Waals surface area (Å²) in [6, 6.07) is 0.788. The van der Waals surface area contributed by atoms with Gasteiger partial charge in [0.25, 0.3) is 0 Å². The van der Waals surface area contributed by atoms with E-state index in [0.29, 0.717) is 0 Å². The molecule has 2 saturated heterocycles. The number of nitrogens with zero attached hydrogens (tertiary/aromatic N) is 2. The molecule has 15 heavy (non-hydrogen) atoms. The second kappa shape index (κ2) is 5.28. The van der Waals surface area contributed by atoms with Crippen molar-refractivity contribution in [3.8, 4) is 0 Å². The van der Waals surface area contributed by atoms with Crippen LogP contribution in [0.25, 0.3) is 0 Å². The zero-order chi connectivity index (χ0) is 10.7. The van der Waals surface area contributed by atoms with Gasteiger partial charge < -0.3 is 14.9 Å². The van der Waals surface area contributed by atoms with Crippen LogP contribution in [0.1, 0.15) is 32.1 Å². The number of β-amino-alcohol motifs (C(OH)–C–C–N with tert-alkyl or cyclic N) is 1. The Bertz CT molecular complexity index is 198. The summed E-state index contributed by atoms with van der Waals surface area (Å²) in [6.45, 7) is 4.44. The van der Waals surface area contributed by atoms with Crippen LogP contribution in [0.2, 0.25) is 0 Å². The van der Waals surface area contributed by atoms with E-state index >= 15 is 0 Å². The van der Waals surface area contributed by atoms with Gasteiger partial charge in [-0.25, -0.2) is 0 Å². The maximum atomic E-state index is 9.44. The molecule has 2 rings (SSSR count). The van der Waals surface area contributed by atoms with Crippen molar-refractivity contribution >= 4 is 0 Å². The predicted molar refractivity (Wildman–Crippen MR) is 61.9 cm³/mol. The molecule has 0 aromatic rings. The third-order valence-corrected chi connectivity index (χ3v) is 3.95. The summed E-state index contributed by atoms with van der Waals surface area (Å²) < 4.78 is 0. The smallest absolute Gasteiger partial charge is 0.0679 e. The standard InChI is InChI=1S/C12H24N2O/c1-13-7-3-2-4-11(13)5-8-14-9-6-12(15)10-14/h11-12,15H,2-10H2,1H3/t11?,12-/m1/s1. The highest BCUT2D eigenvalue weighted by Crippen LogP contribution is 2.19. The fourth-order valence-electron chi connectivity index (χ4n) is 2.86. The van der Waals surface area contributed by atoms with Gasteiger partial charge >= 0.3 is 0 Å². The normalized spacial score (nSPS) is 34.8. The zero-order valence-corrected chi connectivity index (χ0v) is 9.86. The fourth-order valence-corrected chi connectivity index (χ4v) is 2.86. The first-order chi connectivity index (χ1) is 7.25. The van der Waals surface area contributed by atoms with Gasteiger partial charge in [-0.1, -0.05) is 6.42 Å². The van der Waals surface area contributed by atoms with Crippen molar-refractivity contribution in [2.75, 3.05) is 33.2 Å². The van der Waals surface area contributed by atoms with Crippen molar-refractivity contribution in [3.63, 3.8) is 0 Å². The topological polar surface area (TPSA) is 26.7 Å². The SMILES string of the molecule is CN1CCCCC1CCN1CC[C@@H](O)C1. The average molecular weight is 212 g/mol. The Morgan fingerprint density at radius 1 is 1.20 bits per heavy atom. The number of rotatable bonds is 3. The number of hydrogen-bond donors (Lipinski definition) is 1. The van der Waals surface area contributed by atoms with Crippen molar-refractivity contribution in [2.45, 2.75) is 44.2 Å². The van der Waals surface area contributed by atoms with Crippen LogP contribution in [-0.4, -0.2) is 60.3 Å². The van der Waals surface area contributed by atoms with E-state index in [2.05, 4.69) is 16.8 Å². The molecular formula is C12H24N2O. The molecule has 1 unspecified atom stereocenters. The van der Waals surface area contributed by atoms with E-state index in [9.17, 15) is 5.11 Å². The van der Waals surface area contributed by atoms with Gasteiger partial charge in [0.15, 0.2) is 0 Å². The molecule has 0 aliphatic carbocycles. The Morgan fingerprint density at radius 3 is 2.73 bits per heavy atom. The summed E-state index contributed by atoms with van der Waals surface area (Å²) >= 11 is 0. The van der Waals surface area contributed by atoms with Crippen molar-refractivity contribution < 1.29 is 5.11 Å². The third kappa shape index (κ3) is 3.16. The number of likely N-dealkylation sites (tertiary alicyclic amines) is 2. The quantitative estimate of drug-likeness (QED) is 0.754. The van der Waals surface area contributed by atoms with Gasteiger partial charge in [0, 0.05) is 19.1 Å². The largest absolute Gasteiger partial charge is 0.392 e. The van der Waals surface area contributed by atoms with E-state index in [1.54, 1.807) is 0 Å². The maximum Gasteiger partial charge on any atom is 0.0679 e. The first kappa shape index (κ1) is 11.4. The summed E-state index contributed by atoms with van der Waals surface area (Å²) in [5, 5.41) is 9.44. The van der Waals surface area contributed by atoms with Crippen LogP contribution in [0.15, 0.2) is 0 Å². The molecule has 3 heteroatoms. The van der Waals surface area contributed by atoms with Crippen molar-refractivity contribution in [1.82, 2.24) is 9.80 Å². The molecule has 88 valence electrons. The molecule has 2 fully saturated rings. The van der Waals surface area contributed by atoms with Gasteiger partial charge in [-0.2, -0.15) is 0 Å². The second-order valence-electron chi connectivity index (χ2n) is 5.16. The molecule has 0 aromatic heterocycles. The zero-order valence-electron chi connectivity index (χ0n) is 9.86. The Kier molecular flexibility index (Phi) is 4.00. The number of aliphatic hydroxyl groups is 1. The van der Waals surface area contributed by atoms with Gasteiger partial charge in [-0.3, -0.25) is 0 Å². The van der Waals surface area contributed by atoms with Crippen LogP contribution < -0.4 is 0 Å². The monoisotopic (exact) mass is 212 g/mol. The minimum Gasteiger partial charge on any atom is -0.392 e. The number of hydrogen-bond acceptors (Lipinski definition) is 3. The number of piperidine rings is 1. The van der Waals surface area contributed by atoms with Crippen molar-refractivity contribution in [3.05, 3.63) is 0 Å². The summed E-state index contributed by atoms with van der Waals surface area (Å²) in [6.07, 6.45) is 6.33. The molecule has 2 heterocycles. The van der Waals surface area contributed by atoms with Crippen molar-refractivity contribution in [2.24, 2.45) is 0 Å². The minimum atomic E-state index is -0.0610. The van der Waals surface area contributed by atoms with Crippen LogP contribution in [0.3, 0.4) is 0 Å². The van der Waals surface area contributed by atoms with E-state index in [-0.39, 0.29) is 6.10 Å². The predicted octanol–water partition coefficient (Wildman–Crippen LogP) is 0.927. The molecule has 0 bridgehead atoms. The molecular weight excluding hydrogens is 188 g/mol. The van der Waals surface area contributed by atoms with Crippen LogP contribution in [0, 0.1) is 0 Å². The molecule has 2 atom stereocenters. The van der Waals surface area contributed by atoms with Crippen LogP contribution in [-0.2, 0) is 0 Å². The molecule has 0 aromatic carbocycles. The lowest BCUT2D eigenvalue weighted by atomic mass is 10.00. The minimum absolute atomic E-state index is 0.0610. The highest BCUT2D eigenvalue weighted by atomic mass is 16.3. The second-order valence-corrected chi connectivity index (χ2v) is 5.16. The summed E-state index contributed by atoms with van der Waals surface area (Å²) in [4.78, 5) is 4.92. The molecule has 2 aliphatic heterocycles. The van der Waals surface area contributed by atoms with Crippen LogP contribution >= 0.6 is 0 Å². The first-order valence-corrected chi connectivity index (χ1v) is 6.36. The summed E-state index contributed by atoms with van der Waals surface area (Å²) in [7, 11) is 2.25. The third-order valence-electron chi connectivity index (χ3n) is 3.95. The number of aliphatic hydroxyl groups excluding tert-OH is 1.